The van der Waals surface area contributed by atoms with Gasteiger partial charge in [0.2, 0.25) is 0 Å². The lowest BCUT2D eigenvalue weighted by Crippen LogP contribution is -2.31. The van der Waals surface area contributed by atoms with Crippen LogP contribution in [0, 0.1) is 6.92 Å². The highest BCUT2D eigenvalue weighted by Crippen LogP contribution is 2.34. The molecule has 1 atom stereocenters. The summed E-state index contributed by atoms with van der Waals surface area (Å²) in [6.07, 6.45) is 1.90. The van der Waals surface area contributed by atoms with Crippen molar-refractivity contribution in [2.24, 2.45) is 0 Å². The van der Waals surface area contributed by atoms with Crippen LogP contribution in [0.1, 0.15) is 49.7 Å². The van der Waals surface area contributed by atoms with Gasteiger partial charge in [0.05, 0.1) is 0 Å². The summed E-state index contributed by atoms with van der Waals surface area (Å²) in [5.41, 5.74) is 2.93. The molecule has 27 heavy (non-hydrogen) atoms. The number of nitrogens with zero attached hydrogens (tertiary/aromatic N) is 3. The molecule has 3 heterocycles. The number of hydrogen-bond acceptors (Lipinski definition) is 5. The van der Waals surface area contributed by atoms with Gasteiger partial charge in [-0.05, 0) is 38.8 Å². The molecule has 0 radical (unpaired) electrons. The maximum Gasteiger partial charge on any atom is 0.321 e. The Balaban J connectivity index is 1.57. The van der Waals surface area contributed by atoms with Crippen LogP contribution in [0.25, 0.3) is 5.65 Å². The second kappa shape index (κ2) is 6.81. The normalized spacial score (nSPS) is 17.7. The summed E-state index contributed by atoms with van der Waals surface area (Å²) in [4.78, 5) is 12.6. The molecule has 1 aromatic carbocycles. The van der Waals surface area contributed by atoms with Gasteiger partial charge < -0.3 is 9.47 Å². The van der Waals surface area contributed by atoms with Crippen molar-refractivity contribution in [2.75, 3.05) is 13.2 Å². The van der Waals surface area contributed by atoms with Crippen LogP contribution in [0.2, 0.25) is 0 Å². The molecule has 1 aliphatic rings. The van der Waals surface area contributed by atoms with E-state index in [1.54, 1.807) is 23.6 Å². The standard InChI is InChI=1S/C20H24N4O3/c1-13-4-6-15(7-5-13)27-19(25)14(2)18-22-21-17-12-16(23-24(17)18)20(3)8-10-26-11-9-20/h4-7,12,14,23H,8-11H2,1-3H3. The third-order valence-electron chi connectivity index (χ3n) is 5.45. The molecule has 0 amide bonds. The summed E-state index contributed by atoms with van der Waals surface area (Å²) in [6, 6.07) is 9.42. The Morgan fingerprint density at radius 2 is 1.96 bits per heavy atom. The highest BCUT2D eigenvalue weighted by atomic mass is 16.5. The predicted octanol–water partition coefficient (Wildman–Crippen LogP) is 3.14. The minimum Gasteiger partial charge on any atom is -0.426 e. The van der Waals surface area contributed by atoms with Crippen LogP contribution in [0.15, 0.2) is 30.3 Å². The lowest BCUT2D eigenvalue weighted by Gasteiger charge is -2.32. The van der Waals surface area contributed by atoms with Gasteiger partial charge in [0.1, 0.15) is 11.7 Å². The van der Waals surface area contributed by atoms with Crippen molar-refractivity contribution in [2.45, 2.75) is 44.9 Å². The van der Waals surface area contributed by atoms with Crippen molar-refractivity contribution in [1.29, 1.82) is 0 Å². The first-order valence-corrected chi connectivity index (χ1v) is 9.27. The lowest BCUT2D eigenvalue weighted by molar-refractivity contribution is -0.135. The number of fused-ring (bicyclic) bond motifs is 1. The van der Waals surface area contributed by atoms with Crippen molar-refractivity contribution < 1.29 is 14.3 Å². The molecule has 1 N–H and O–H groups in total. The van der Waals surface area contributed by atoms with Gasteiger partial charge in [0.25, 0.3) is 0 Å². The number of nitrogens with one attached hydrogen (secondary N) is 1. The summed E-state index contributed by atoms with van der Waals surface area (Å²) in [5, 5.41) is 11.8. The van der Waals surface area contributed by atoms with Crippen LogP contribution in [-0.4, -0.2) is 39.0 Å². The van der Waals surface area contributed by atoms with Gasteiger partial charge in [-0.3, -0.25) is 9.89 Å². The van der Waals surface area contributed by atoms with Gasteiger partial charge in [-0.15, -0.1) is 10.2 Å². The van der Waals surface area contributed by atoms with Crippen LogP contribution in [0.5, 0.6) is 5.75 Å². The third kappa shape index (κ3) is 3.35. The molecular formula is C20H24N4O3. The number of rotatable bonds is 4. The number of hydrogen-bond donors (Lipinski definition) is 1. The summed E-state index contributed by atoms with van der Waals surface area (Å²) in [6.45, 7) is 7.50. The SMILES string of the molecule is Cc1ccc(OC(=O)C(C)c2nnc3cc(C4(C)CCOCC4)[nH]n23)cc1. The third-order valence-corrected chi connectivity index (χ3v) is 5.45. The van der Waals surface area contributed by atoms with Gasteiger partial charge >= 0.3 is 5.97 Å². The van der Waals surface area contributed by atoms with E-state index in [1.165, 1.54) is 0 Å². The molecule has 7 heteroatoms. The van der Waals surface area contributed by atoms with Gasteiger partial charge in [0, 0.05) is 30.4 Å². The minimum atomic E-state index is -0.546. The summed E-state index contributed by atoms with van der Waals surface area (Å²) < 4.78 is 12.8. The average molecular weight is 368 g/mol. The molecule has 1 unspecified atom stereocenters. The van der Waals surface area contributed by atoms with Gasteiger partial charge in [0.15, 0.2) is 11.5 Å². The molecule has 0 bridgehead atoms. The molecule has 1 fully saturated rings. The number of ether oxygens (including phenoxy) is 2. The molecule has 0 aliphatic carbocycles. The first-order chi connectivity index (χ1) is 13.0. The molecule has 7 nitrogen and oxygen atoms in total. The molecule has 1 saturated heterocycles. The number of esters is 1. The summed E-state index contributed by atoms with van der Waals surface area (Å²) in [5.74, 6) is 0.168. The van der Waals surface area contributed by atoms with E-state index in [2.05, 4.69) is 22.2 Å². The Morgan fingerprint density at radius 3 is 2.67 bits per heavy atom. The summed E-state index contributed by atoms with van der Waals surface area (Å²) >= 11 is 0. The van der Waals surface area contributed by atoms with Crippen LogP contribution >= 0.6 is 0 Å². The van der Waals surface area contributed by atoms with E-state index >= 15 is 0 Å². The van der Waals surface area contributed by atoms with Crippen LogP contribution < -0.4 is 4.74 Å². The van der Waals surface area contributed by atoms with Crippen molar-refractivity contribution in [1.82, 2.24) is 19.8 Å². The Bertz CT molecular complexity index is 951. The molecule has 2 aromatic heterocycles. The average Bonchev–Trinajstić information content (AvgIpc) is 3.25. The van der Waals surface area contributed by atoms with E-state index in [0.717, 1.165) is 37.3 Å². The van der Waals surface area contributed by atoms with Crippen molar-refractivity contribution in [3.63, 3.8) is 0 Å². The zero-order valence-corrected chi connectivity index (χ0v) is 15.9. The summed E-state index contributed by atoms with van der Waals surface area (Å²) in [7, 11) is 0. The lowest BCUT2D eigenvalue weighted by atomic mass is 9.79. The smallest absolute Gasteiger partial charge is 0.321 e. The largest absolute Gasteiger partial charge is 0.426 e. The first kappa shape index (κ1) is 17.7. The van der Waals surface area contributed by atoms with Gasteiger partial charge in [-0.25, -0.2) is 4.52 Å². The van der Waals surface area contributed by atoms with E-state index in [-0.39, 0.29) is 11.4 Å². The van der Waals surface area contributed by atoms with Crippen LogP contribution in [0.3, 0.4) is 0 Å². The monoisotopic (exact) mass is 368 g/mol. The molecular weight excluding hydrogens is 344 g/mol. The quantitative estimate of drug-likeness (QED) is 0.565. The second-order valence-electron chi connectivity index (χ2n) is 7.55. The van der Waals surface area contributed by atoms with Crippen molar-refractivity contribution >= 4 is 11.6 Å². The maximum atomic E-state index is 12.6. The number of H-pyrrole nitrogens is 1. The number of carbonyl (C=O) groups excluding carboxylic acids is 1. The van der Waals surface area contributed by atoms with E-state index in [1.807, 2.05) is 25.1 Å². The Hall–Kier alpha value is -2.67. The van der Waals surface area contributed by atoms with E-state index in [4.69, 9.17) is 9.47 Å². The van der Waals surface area contributed by atoms with E-state index in [0.29, 0.717) is 17.2 Å². The maximum absolute atomic E-state index is 12.6. The first-order valence-electron chi connectivity index (χ1n) is 9.27. The Kier molecular flexibility index (Phi) is 4.47. The van der Waals surface area contributed by atoms with Crippen LogP contribution in [0.4, 0.5) is 0 Å². The highest BCUT2D eigenvalue weighted by Gasteiger charge is 2.32. The fourth-order valence-electron chi connectivity index (χ4n) is 3.40. The number of carbonyl (C=O) groups is 1. The molecule has 142 valence electrons. The molecule has 3 aromatic rings. The van der Waals surface area contributed by atoms with Gasteiger partial charge in [-0.1, -0.05) is 24.6 Å². The zero-order chi connectivity index (χ0) is 19.0. The number of aromatic nitrogens is 4. The number of aryl methyl sites for hydroxylation is 1. The van der Waals surface area contributed by atoms with Crippen molar-refractivity contribution in [3.05, 3.63) is 47.4 Å². The molecule has 0 spiro atoms. The zero-order valence-electron chi connectivity index (χ0n) is 15.9. The highest BCUT2D eigenvalue weighted by molar-refractivity contribution is 5.79. The van der Waals surface area contributed by atoms with E-state index in [9.17, 15) is 4.79 Å². The minimum absolute atomic E-state index is 0.0157. The van der Waals surface area contributed by atoms with E-state index < -0.39 is 5.92 Å². The van der Waals surface area contributed by atoms with Crippen molar-refractivity contribution in [3.8, 4) is 5.75 Å². The Morgan fingerprint density at radius 1 is 1.26 bits per heavy atom. The molecule has 0 saturated carbocycles. The topological polar surface area (TPSA) is 81.5 Å². The Labute approximate surface area is 157 Å². The predicted molar refractivity (Wildman–Crippen MR) is 100.0 cm³/mol. The molecule has 1 aliphatic heterocycles. The number of aromatic amines is 1. The second-order valence-corrected chi connectivity index (χ2v) is 7.55. The van der Waals surface area contributed by atoms with Crippen LogP contribution in [-0.2, 0) is 14.9 Å². The fraction of sp³-hybridized carbons (Fsp3) is 0.450. The number of benzene rings is 1. The fourth-order valence-corrected chi connectivity index (χ4v) is 3.40. The van der Waals surface area contributed by atoms with Gasteiger partial charge in [-0.2, -0.15) is 0 Å². The molecule has 4 rings (SSSR count).